The van der Waals surface area contributed by atoms with E-state index in [1.807, 2.05) is 0 Å². The van der Waals surface area contributed by atoms with E-state index in [1.54, 1.807) is 0 Å². The summed E-state index contributed by atoms with van der Waals surface area (Å²) in [6.07, 6.45) is 2.17. The van der Waals surface area contributed by atoms with E-state index in [0.29, 0.717) is 6.29 Å². The Kier molecular flexibility index (Phi) is 4.15. The molecule has 1 aromatic rings. The van der Waals surface area contributed by atoms with Gasteiger partial charge in [-0.25, -0.2) is 0 Å². The molecule has 1 rings (SSSR count). The first-order chi connectivity index (χ1) is 8.02. The van der Waals surface area contributed by atoms with E-state index in [1.165, 1.54) is 6.20 Å². The van der Waals surface area contributed by atoms with Gasteiger partial charge in [0.15, 0.2) is 0 Å². The molecule has 7 nitrogen and oxygen atoms in total. The van der Waals surface area contributed by atoms with E-state index < -0.39 is 24.3 Å². The Hall–Kier alpha value is -2.44. The predicted octanol–water partition coefficient (Wildman–Crippen LogP) is -0.441. The summed E-state index contributed by atoms with van der Waals surface area (Å²) in [6, 6.07) is 0.0488. The molecule has 0 saturated heterocycles. The van der Waals surface area contributed by atoms with Crippen LogP contribution in [0.5, 0.6) is 5.75 Å². The summed E-state index contributed by atoms with van der Waals surface area (Å²) in [5.74, 6) is -2.07. The maximum Gasteiger partial charge on any atom is 0.305 e. The maximum absolute atomic E-state index is 11.5. The molecule has 1 aromatic heterocycles. The number of carboxylic acids is 1. The lowest BCUT2D eigenvalue weighted by Gasteiger charge is -2.10. The number of carbonyl (C=O) groups is 3. The zero-order valence-electron chi connectivity index (χ0n) is 8.66. The number of hydrogen-bond acceptors (Lipinski definition) is 5. The van der Waals surface area contributed by atoms with Crippen molar-refractivity contribution in [3.63, 3.8) is 0 Å². The number of amides is 1. The van der Waals surface area contributed by atoms with Crippen LogP contribution in [-0.4, -0.2) is 39.4 Å². The molecule has 0 aliphatic rings. The number of nitrogens with zero attached hydrogens (tertiary/aromatic N) is 1. The quantitative estimate of drug-likeness (QED) is 0.599. The van der Waals surface area contributed by atoms with Crippen molar-refractivity contribution < 1.29 is 24.6 Å². The van der Waals surface area contributed by atoms with Crippen LogP contribution in [0.1, 0.15) is 16.8 Å². The molecule has 0 radical (unpaired) electrons. The molecule has 0 aromatic carbocycles. The van der Waals surface area contributed by atoms with E-state index >= 15 is 0 Å². The summed E-state index contributed by atoms with van der Waals surface area (Å²) in [4.78, 5) is 36.0. The molecule has 7 heteroatoms. The average Bonchev–Trinajstić information content (AvgIpc) is 2.27. The highest BCUT2D eigenvalue weighted by Crippen LogP contribution is 2.08. The first-order valence-electron chi connectivity index (χ1n) is 4.65. The van der Waals surface area contributed by atoms with Crippen LogP contribution in [-0.2, 0) is 9.59 Å². The van der Waals surface area contributed by atoms with Gasteiger partial charge >= 0.3 is 5.97 Å². The normalized spacial score (nSPS) is 11.5. The third-order valence-corrected chi connectivity index (χ3v) is 1.86. The van der Waals surface area contributed by atoms with Gasteiger partial charge in [-0.3, -0.25) is 14.6 Å². The second-order valence-electron chi connectivity index (χ2n) is 3.25. The predicted molar refractivity (Wildman–Crippen MR) is 55.5 cm³/mol. The van der Waals surface area contributed by atoms with Crippen LogP contribution in [0.3, 0.4) is 0 Å². The molecule has 17 heavy (non-hydrogen) atoms. The number of pyridine rings is 1. The zero-order valence-corrected chi connectivity index (χ0v) is 8.66. The molecule has 0 aliphatic heterocycles. The van der Waals surface area contributed by atoms with Crippen LogP contribution >= 0.6 is 0 Å². The number of rotatable bonds is 5. The van der Waals surface area contributed by atoms with E-state index in [4.69, 9.17) is 10.2 Å². The van der Waals surface area contributed by atoms with Crippen LogP contribution in [0.15, 0.2) is 18.5 Å². The summed E-state index contributed by atoms with van der Waals surface area (Å²) in [5, 5.41) is 19.8. The maximum atomic E-state index is 11.5. The summed E-state index contributed by atoms with van der Waals surface area (Å²) in [6.45, 7) is 0. The third kappa shape index (κ3) is 3.90. The fraction of sp³-hybridized carbons (Fsp3) is 0.200. The molecular formula is C10H10N2O5. The number of aromatic nitrogens is 1. The van der Waals surface area contributed by atoms with Gasteiger partial charge in [-0.2, -0.15) is 0 Å². The number of aldehydes is 1. The minimum absolute atomic E-state index is 0.0437. The molecule has 90 valence electrons. The van der Waals surface area contributed by atoms with Crippen molar-refractivity contribution in [2.24, 2.45) is 0 Å². The van der Waals surface area contributed by atoms with Crippen molar-refractivity contribution in [2.45, 2.75) is 12.5 Å². The van der Waals surface area contributed by atoms with Crippen molar-refractivity contribution >= 4 is 18.2 Å². The van der Waals surface area contributed by atoms with Gasteiger partial charge in [0, 0.05) is 6.20 Å². The highest BCUT2D eigenvalue weighted by Gasteiger charge is 2.16. The molecule has 0 spiro atoms. The average molecular weight is 238 g/mol. The topological polar surface area (TPSA) is 117 Å². The zero-order chi connectivity index (χ0) is 12.8. The Labute approximate surface area is 96.1 Å². The van der Waals surface area contributed by atoms with E-state index in [9.17, 15) is 14.4 Å². The smallest absolute Gasteiger partial charge is 0.305 e. The second-order valence-corrected chi connectivity index (χ2v) is 3.25. The monoisotopic (exact) mass is 238 g/mol. The largest absolute Gasteiger partial charge is 0.506 e. The fourth-order valence-electron chi connectivity index (χ4n) is 1.12. The Morgan fingerprint density at radius 2 is 2.18 bits per heavy atom. The lowest BCUT2D eigenvalue weighted by molar-refractivity contribution is -0.138. The van der Waals surface area contributed by atoms with Crippen LogP contribution < -0.4 is 5.32 Å². The number of carbonyl (C=O) groups excluding carboxylic acids is 2. The number of carboxylic acid groups (broad SMARTS) is 1. The fourth-order valence-corrected chi connectivity index (χ4v) is 1.12. The highest BCUT2D eigenvalue weighted by molar-refractivity contribution is 5.96. The van der Waals surface area contributed by atoms with Crippen molar-refractivity contribution in [2.75, 3.05) is 0 Å². The van der Waals surface area contributed by atoms with E-state index in [0.717, 1.165) is 12.3 Å². The van der Waals surface area contributed by atoms with Gasteiger partial charge < -0.3 is 20.3 Å². The first-order valence-corrected chi connectivity index (χ1v) is 4.65. The van der Waals surface area contributed by atoms with Gasteiger partial charge in [0.1, 0.15) is 12.0 Å². The lowest BCUT2D eigenvalue weighted by Crippen LogP contribution is -2.37. The van der Waals surface area contributed by atoms with E-state index in [-0.39, 0.29) is 11.3 Å². The molecule has 1 heterocycles. The highest BCUT2D eigenvalue weighted by atomic mass is 16.4. The third-order valence-electron chi connectivity index (χ3n) is 1.86. The Morgan fingerprint density at radius 3 is 2.71 bits per heavy atom. The van der Waals surface area contributed by atoms with Crippen LogP contribution in [0.4, 0.5) is 0 Å². The van der Waals surface area contributed by atoms with Crippen LogP contribution in [0.25, 0.3) is 0 Å². The lowest BCUT2D eigenvalue weighted by atomic mass is 10.2. The van der Waals surface area contributed by atoms with Crippen molar-refractivity contribution in [1.29, 1.82) is 0 Å². The van der Waals surface area contributed by atoms with Crippen molar-refractivity contribution in [3.05, 3.63) is 24.0 Å². The summed E-state index contributed by atoms with van der Waals surface area (Å²) in [7, 11) is 0. The first kappa shape index (κ1) is 12.6. The second kappa shape index (κ2) is 5.59. The minimum atomic E-state index is -1.20. The number of hydrogen-bond donors (Lipinski definition) is 3. The number of nitrogens with one attached hydrogen (secondary N) is 1. The number of aromatic hydroxyl groups is 1. The van der Waals surface area contributed by atoms with Gasteiger partial charge in [-0.1, -0.05) is 0 Å². The van der Waals surface area contributed by atoms with Gasteiger partial charge in [0.2, 0.25) is 0 Å². The molecular weight excluding hydrogens is 228 g/mol. The molecule has 0 fully saturated rings. The van der Waals surface area contributed by atoms with Crippen molar-refractivity contribution in [1.82, 2.24) is 10.3 Å². The van der Waals surface area contributed by atoms with Gasteiger partial charge in [0.05, 0.1) is 24.2 Å². The molecule has 3 N–H and O–H groups in total. The Morgan fingerprint density at radius 1 is 1.47 bits per heavy atom. The van der Waals surface area contributed by atoms with Crippen molar-refractivity contribution in [3.8, 4) is 5.75 Å². The summed E-state index contributed by atoms with van der Waals surface area (Å²) in [5.41, 5.74) is 0.0437. The Bertz CT molecular complexity index is 446. The standard InChI is InChI=1S/C10H10N2O5/c13-5-7(2-9(15)16)12-10(17)6-1-8(14)4-11-3-6/h1,3-5,7,14H,2H2,(H,12,17)(H,15,16)/t7-/m0/s1. The molecule has 1 atom stereocenters. The van der Waals surface area contributed by atoms with E-state index in [2.05, 4.69) is 10.3 Å². The molecule has 0 aliphatic carbocycles. The van der Waals surface area contributed by atoms with Crippen LogP contribution in [0.2, 0.25) is 0 Å². The molecule has 1 amide bonds. The van der Waals surface area contributed by atoms with Gasteiger partial charge in [-0.15, -0.1) is 0 Å². The van der Waals surface area contributed by atoms with Gasteiger partial charge in [0.25, 0.3) is 5.91 Å². The SMILES string of the molecule is O=C[C@H](CC(=O)O)NC(=O)c1cncc(O)c1. The summed E-state index contributed by atoms with van der Waals surface area (Å²) >= 11 is 0. The molecule has 0 unspecified atom stereocenters. The van der Waals surface area contributed by atoms with Crippen LogP contribution in [0, 0.1) is 0 Å². The minimum Gasteiger partial charge on any atom is -0.506 e. The van der Waals surface area contributed by atoms with Gasteiger partial charge in [-0.05, 0) is 6.07 Å². The molecule has 0 saturated carbocycles. The summed E-state index contributed by atoms with van der Waals surface area (Å²) < 4.78 is 0. The number of aliphatic carboxylic acids is 1. The Balaban J connectivity index is 2.70. The molecule has 0 bridgehead atoms.